The van der Waals surface area contributed by atoms with Crippen molar-refractivity contribution in [2.24, 2.45) is 0 Å². The minimum absolute atomic E-state index is 0. The molecule has 0 aliphatic heterocycles. The molecule has 0 aliphatic carbocycles. The second kappa shape index (κ2) is 12.8. The maximum Gasteiger partial charge on any atom is 0.317 e. The van der Waals surface area contributed by atoms with E-state index in [1.807, 2.05) is 61.5 Å². The van der Waals surface area contributed by atoms with Crippen LogP contribution < -0.4 is 16.0 Å². The second-order valence-corrected chi connectivity index (χ2v) is 6.31. The summed E-state index contributed by atoms with van der Waals surface area (Å²) in [6, 6.07) is 17.3. The Kier molecular flexibility index (Phi) is 10.7. The summed E-state index contributed by atoms with van der Waals surface area (Å²) in [5.74, 6) is -0.120. The van der Waals surface area contributed by atoms with Crippen LogP contribution in [0.2, 0.25) is 0 Å². The fourth-order valence-electron chi connectivity index (χ4n) is 2.62. The van der Waals surface area contributed by atoms with Crippen LogP contribution in [0.3, 0.4) is 0 Å². The van der Waals surface area contributed by atoms with Crippen molar-refractivity contribution < 1.29 is 9.59 Å². The number of para-hydroxylation sites is 1. The van der Waals surface area contributed by atoms with E-state index < -0.39 is 0 Å². The highest BCUT2D eigenvalue weighted by atomic mass is 35.5. The number of halogens is 1. The van der Waals surface area contributed by atoms with Gasteiger partial charge in [0.15, 0.2) is 0 Å². The summed E-state index contributed by atoms with van der Waals surface area (Å²) in [6.07, 6.45) is 0.223. The van der Waals surface area contributed by atoms with Crippen molar-refractivity contribution in [3.05, 3.63) is 65.7 Å². The van der Waals surface area contributed by atoms with Crippen LogP contribution in [0.1, 0.15) is 24.5 Å². The third-order valence-electron chi connectivity index (χ3n) is 4.09. The van der Waals surface area contributed by atoms with Gasteiger partial charge in [0.25, 0.3) is 0 Å². The molecule has 7 heteroatoms. The number of anilines is 1. The lowest BCUT2D eigenvalue weighted by atomic mass is 10.1. The first-order valence-electron chi connectivity index (χ1n) is 9.21. The van der Waals surface area contributed by atoms with Crippen LogP contribution >= 0.6 is 12.4 Å². The highest BCUT2D eigenvalue weighted by molar-refractivity contribution is 5.91. The topological polar surface area (TPSA) is 73.5 Å². The van der Waals surface area contributed by atoms with Crippen molar-refractivity contribution in [3.8, 4) is 0 Å². The van der Waals surface area contributed by atoms with E-state index in [1.54, 1.807) is 11.9 Å². The average Bonchev–Trinajstić information content (AvgIpc) is 2.68. The highest BCUT2D eigenvalue weighted by Crippen LogP contribution is 2.15. The van der Waals surface area contributed by atoms with Gasteiger partial charge in [-0.05, 0) is 23.7 Å². The monoisotopic (exact) mass is 404 g/mol. The molecule has 0 unspecified atom stereocenters. The molecule has 28 heavy (non-hydrogen) atoms. The molecular formula is C21H29ClN4O2. The molecule has 6 nitrogen and oxygen atoms in total. The fraction of sp³-hybridized carbons (Fsp3) is 0.333. The van der Waals surface area contributed by atoms with Gasteiger partial charge >= 0.3 is 6.03 Å². The van der Waals surface area contributed by atoms with E-state index in [2.05, 4.69) is 16.0 Å². The molecule has 2 aromatic rings. The van der Waals surface area contributed by atoms with E-state index in [4.69, 9.17) is 0 Å². The molecule has 0 atom stereocenters. The molecule has 2 rings (SSSR count). The predicted octanol–water partition coefficient (Wildman–Crippen LogP) is 3.39. The number of amides is 3. The quantitative estimate of drug-likeness (QED) is 0.599. The van der Waals surface area contributed by atoms with Crippen LogP contribution in [0.25, 0.3) is 0 Å². The zero-order chi connectivity index (χ0) is 19.5. The minimum atomic E-state index is -0.195. The summed E-state index contributed by atoms with van der Waals surface area (Å²) < 4.78 is 0. The zero-order valence-electron chi connectivity index (χ0n) is 16.4. The lowest BCUT2D eigenvalue weighted by Gasteiger charge is -2.18. The Bertz CT molecular complexity index is 740. The maximum atomic E-state index is 12.2. The van der Waals surface area contributed by atoms with Crippen molar-refractivity contribution in [2.45, 2.75) is 26.4 Å². The van der Waals surface area contributed by atoms with Gasteiger partial charge in [-0.15, -0.1) is 12.4 Å². The van der Waals surface area contributed by atoms with E-state index >= 15 is 0 Å². The van der Waals surface area contributed by atoms with Crippen molar-refractivity contribution in [3.63, 3.8) is 0 Å². The van der Waals surface area contributed by atoms with Gasteiger partial charge in [0.1, 0.15) is 0 Å². The van der Waals surface area contributed by atoms with Crippen LogP contribution in [0.5, 0.6) is 0 Å². The van der Waals surface area contributed by atoms with E-state index in [-0.39, 0.29) is 30.8 Å². The van der Waals surface area contributed by atoms with E-state index in [9.17, 15) is 9.59 Å². The highest BCUT2D eigenvalue weighted by Gasteiger charge is 2.10. The first-order valence-corrected chi connectivity index (χ1v) is 9.21. The molecule has 3 amide bonds. The summed E-state index contributed by atoms with van der Waals surface area (Å²) in [4.78, 5) is 25.9. The molecule has 0 bridgehead atoms. The van der Waals surface area contributed by atoms with Gasteiger partial charge < -0.3 is 20.9 Å². The second-order valence-electron chi connectivity index (χ2n) is 6.31. The molecule has 0 saturated heterocycles. The number of rotatable bonds is 9. The smallest absolute Gasteiger partial charge is 0.317 e. The van der Waals surface area contributed by atoms with Crippen LogP contribution in [0.4, 0.5) is 10.5 Å². The van der Waals surface area contributed by atoms with Gasteiger partial charge in [0.2, 0.25) is 5.91 Å². The number of carbonyl (C=O) groups is 2. The molecule has 0 spiro atoms. The lowest BCUT2D eigenvalue weighted by Crippen LogP contribution is -2.38. The summed E-state index contributed by atoms with van der Waals surface area (Å²) >= 11 is 0. The summed E-state index contributed by atoms with van der Waals surface area (Å²) in [5, 5.41) is 8.96. The Labute approximate surface area is 173 Å². The molecule has 152 valence electrons. The summed E-state index contributed by atoms with van der Waals surface area (Å²) in [6.45, 7) is 4.42. The van der Waals surface area contributed by atoms with Gasteiger partial charge in [0, 0.05) is 38.8 Å². The van der Waals surface area contributed by atoms with E-state index in [0.29, 0.717) is 19.6 Å². The number of urea groups is 1. The van der Waals surface area contributed by atoms with Crippen LogP contribution in [-0.2, 0) is 17.9 Å². The lowest BCUT2D eigenvalue weighted by molar-refractivity contribution is -0.116. The minimum Gasteiger partial charge on any atom is -0.337 e. The molecule has 0 fully saturated rings. The van der Waals surface area contributed by atoms with Crippen LogP contribution in [-0.4, -0.2) is 37.0 Å². The Morgan fingerprint density at radius 1 is 1.00 bits per heavy atom. The molecular weight excluding hydrogens is 376 g/mol. The Balaban J connectivity index is 0.00000392. The average molecular weight is 405 g/mol. The van der Waals surface area contributed by atoms with Gasteiger partial charge in [0.05, 0.1) is 0 Å². The molecule has 0 saturated carbocycles. The van der Waals surface area contributed by atoms with E-state index in [0.717, 1.165) is 23.4 Å². The number of nitrogens with zero attached hydrogens (tertiary/aromatic N) is 1. The molecule has 0 aliphatic rings. The zero-order valence-corrected chi connectivity index (χ0v) is 17.2. The summed E-state index contributed by atoms with van der Waals surface area (Å²) in [7, 11) is 1.74. The van der Waals surface area contributed by atoms with Gasteiger partial charge in [-0.1, -0.05) is 55.5 Å². The van der Waals surface area contributed by atoms with Gasteiger partial charge in [-0.2, -0.15) is 0 Å². The number of hydrogen-bond donors (Lipinski definition) is 3. The molecule has 3 N–H and O–H groups in total. The van der Waals surface area contributed by atoms with Gasteiger partial charge in [-0.3, -0.25) is 4.79 Å². The van der Waals surface area contributed by atoms with Crippen molar-refractivity contribution >= 4 is 30.0 Å². The molecule has 2 aromatic carbocycles. The largest absolute Gasteiger partial charge is 0.337 e. The number of nitrogens with one attached hydrogen (secondary N) is 3. The van der Waals surface area contributed by atoms with E-state index in [1.165, 1.54) is 0 Å². The standard InChI is InChI=1S/C21H28N4O2.ClH/c1-3-22-15-18-11-7-8-12-19(18)24-20(26)13-14-23-21(27)25(2)16-17-9-5-4-6-10-17;/h4-12,22H,3,13-16H2,1-2H3,(H,23,27)(H,24,26);1H. The Morgan fingerprint density at radius 3 is 2.39 bits per heavy atom. The predicted molar refractivity (Wildman–Crippen MR) is 116 cm³/mol. The number of benzene rings is 2. The number of carbonyl (C=O) groups excluding carboxylic acids is 2. The SMILES string of the molecule is CCNCc1ccccc1NC(=O)CCNC(=O)N(C)Cc1ccccc1.Cl. The first-order chi connectivity index (χ1) is 13.1. The fourth-order valence-corrected chi connectivity index (χ4v) is 2.62. The van der Waals surface area contributed by atoms with Crippen LogP contribution in [0.15, 0.2) is 54.6 Å². The van der Waals surface area contributed by atoms with Crippen molar-refractivity contribution in [1.82, 2.24) is 15.5 Å². The third-order valence-corrected chi connectivity index (χ3v) is 4.09. The maximum absolute atomic E-state index is 12.2. The first kappa shape index (κ1) is 23.5. The van der Waals surface area contributed by atoms with Gasteiger partial charge in [-0.25, -0.2) is 4.79 Å². The van der Waals surface area contributed by atoms with Crippen LogP contribution in [0, 0.1) is 0 Å². The third kappa shape index (κ3) is 7.98. The molecule has 0 aromatic heterocycles. The Hall–Kier alpha value is -2.57. The molecule has 0 radical (unpaired) electrons. The number of hydrogen-bond acceptors (Lipinski definition) is 3. The normalized spacial score (nSPS) is 9.93. The summed E-state index contributed by atoms with van der Waals surface area (Å²) in [5.41, 5.74) is 2.90. The Morgan fingerprint density at radius 2 is 1.68 bits per heavy atom. The van der Waals surface area contributed by atoms with Crippen molar-refractivity contribution in [2.75, 3.05) is 25.5 Å². The molecule has 0 heterocycles. The van der Waals surface area contributed by atoms with Crippen molar-refractivity contribution in [1.29, 1.82) is 0 Å².